The van der Waals surface area contributed by atoms with Crippen molar-refractivity contribution in [1.82, 2.24) is 19.9 Å². The monoisotopic (exact) mass is 524 g/mol. The van der Waals surface area contributed by atoms with E-state index in [-0.39, 0.29) is 35.4 Å². The number of piperazine rings is 1. The number of ether oxygens (including phenoxy) is 2. The first-order valence-corrected chi connectivity index (χ1v) is 12.9. The predicted molar refractivity (Wildman–Crippen MR) is 138 cm³/mol. The van der Waals surface area contributed by atoms with E-state index in [1.54, 1.807) is 4.90 Å². The van der Waals surface area contributed by atoms with Crippen molar-refractivity contribution in [3.05, 3.63) is 42.2 Å². The van der Waals surface area contributed by atoms with E-state index in [2.05, 4.69) is 20.2 Å². The van der Waals surface area contributed by atoms with Gasteiger partial charge in [0.05, 0.1) is 29.9 Å². The van der Waals surface area contributed by atoms with E-state index in [1.807, 2.05) is 32.9 Å². The highest BCUT2D eigenvalue weighted by Crippen LogP contribution is 2.36. The molecule has 2 aliphatic heterocycles. The lowest BCUT2D eigenvalue weighted by atomic mass is 10.2. The number of anilines is 3. The Hall–Kier alpha value is -3.76. The Labute approximate surface area is 219 Å². The standard InChI is InChI=1S/C27H30F2N6O3/c1-27(2,3)38-26(36)35-12-16-10-17(35)11-34(16)21-9-7-19-24(33-21)25(31-14-30-19)32-18-6-8-20(23(29)22(18)28)37-13-15-4-5-15/h6-9,14-17H,4-5,10-13H2,1-3H3,(H,30,31,32)/t16-,17-/m0/s1. The summed E-state index contributed by atoms with van der Waals surface area (Å²) in [6, 6.07) is 6.70. The van der Waals surface area contributed by atoms with Crippen molar-refractivity contribution in [3.63, 3.8) is 0 Å². The maximum Gasteiger partial charge on any atom is 0.410 e. The van der Waals surface area contributed by atoms with Crippen LogP contribution in [0, 0.1) is 17.6 Å². The minimum atomic E-state index is -1.04. The van der Waals surface area contributed by atoms with Gasteiger partial charge in [0.15, 0.2) is 17.4 Å². The van der Waals surface area contributed by atoms with Crippen LogP contribution in [0.15, 0.2) is 30.6 Å². The lowest BCUT2D eigenvalue weighted by molar-refractivity contribution is 0.0214. The van der Waals surface area contributed by atoms with Crippen LogP contribution in [0.1, 0.15) is 40.0 Å². The number of carbonyl (C=O) groups is 1. The molecule has 0 radical (unpaired) electrons. The molecule has 0 spiro atoms. The fourth-order valence-corrected chi connectivity index (χ4v) is 5.03. The Bertz CT molecular complexity index is 1390. The number of aromatic nitrogens is 3. The smallest absolute Gasteiger partial charge is 0.410 e. The molecule has 38 heavy (non-hydrogen) atoms. The molecule has 6 rings (SSSR count). The Kier molecular flexibility index (Phi) is 5.96. The summed E-state index contributed by atoms with van der Waals surface area (Å²) < 4.78 is 40.5. The van der Waals surface area contributed by atoms with Crippen LogP contribution in [0.25, 0.3) is 11.0 Å². The van der Waals surface area contributed by atoms with Crippen LogP contribution in [0.5, 0.6) is 5.75 Å². The maximum absolute atomic E-state index is 14.9. The van der Waals surface area contributed by atoms with Gasteiger partial charge in [0.25, 0.3) is 0 Å². The molecule has 1 saturated carbocycles. The van der Waals surface area contributed by atoms with Crippen LogP contribution in [-0.2, 0) is 4.74 Å². The van der Waals surface area contributed by atoms with Gasteiger partial charge >= 0.3 is 6.09 Å². The second-order valence-electron chi connectivity index (χ2n) is 11.2. The second-order valence-corrected chi connectivity index (χ2v) is 11.2. The summed E-state index contributed by atoms with van der Waals surface area (Å²) >= 11 is 0. The number of pyridine rings is 1. The highest BCUT2D eigenvalue weighted by atomic mass is 19.2. The minimum absolute atomic E-state index is 0.0367. The SMILES string of the molecule is CC(C)(C)OC(=O)N1C[C@@H]2C[C@H]1CN2c1ccc2ncnc(Nc3ccc(OCC4CC4)c(F)c3F)c2n1. The van der Waals surface area contributed by atoms with Crippen LogP contribution >= 0.6 is 0 Å². The summed E-state index contributed by atoms with van der Waals surface area (Å²) in [6.07, 6.45) is 3.99. The van der Waals surface area contributed by atoms with Crippen molar-refractivity contribution in [3.8, 4) is 5.75 Å². The van der Waals surface area contributed by atoms with Gasteiger partial charge in [-0.1, -0.05) is 0 Å². The number of amides is 1. The van der Waals surface area contributed by atoms with Gasteiger partial charge in [-0.3, -0.25) is 0 Å². The van der Waals surface area contributed by atoms with Gasteiger partial charge in [-0.25, -0.2) is 24.1 Å². The molecule has 2 aromatic heterocycles. The fourth-order valence-electron chi connectivity index (χ4n) is 5.03. The van der Waals surface area contributed by atoms with E-state index in [9.17, 15) is 13.6 Å². The number of carbonyl (C=O) groups excluding carboxylic acids is 1. The van der Waals surface area contributed by atoms with E-state index >= 15 is 0 Å². The van der Waals surface area contributed by atoms with Crippen molar-refractivity contribution in [2.24, 2.45) is 5.92 Å². The van der Waals surface area contributed by atoms with E-state index in [1.165, 1.54) is 18.5 Å². The number of halogens is 2. The van der Waals surface area contributed by atoms with Gasteiger partial charge in [0.2, 0.25) is 5.82 Å². The third-order valence-corrected chi connectivity index (χ3v) is 7.10. The van der Waals surface area contributed by atoms with E-state index in [0.717, 1.165) is 19.3 Å². The predicted octanol–water partition coefficient (Wildman–Crippen LogP) is 5.03. The number of nitrogens with one attached hydrogen (secondary N) is 1. The molecule has 1 N–H and O–H groups in total. The third-order valence-electron chi connectivity index (χ3n) is 7.10. The zero-order valence-corrected chi connectivity index (χ0v) is 21.6. The Morgan fingerprint density at radius 2 is 1.89 bits per heavy atom. The molecule has 11 heteroatoms. The summed E-state index contributed by atoms with van der Waals surface area (Å²) in [7, 11) is 0. The van der Waals surface area contributed by atoms with Crippen LogP contribution in [-0.4, -0.2) is 63.3 Å². The zero-order chi connectivity index (χ0) is 26.6. The molecular weight excluding hydrogens is 494 g/mol. The van der Waals surface area contributed by atoms with E-state index in [4.69, 9.17) is 14.5 Å². The van der Waals surface area contributed by atoms with Gasteiger partial charge in [0, 0.05) is 13.1 Å². The Morgan fingerprint density at radius 1 is 1.08 bits per heavy atom. The van der Waals surface area contributed by atoms with Crippen molar-refractivity contribution in [2.45, 2.75) is 57.7 Å². The van der Waals surface area contributed by atoms with Gasteiger partial charge in [-0.15, -0.1) is 0 Å². The molecule has 3 aliphatic rings. The summed E-state index contributed by atoms with van der Waals surface area (Å²) in [5, 5.41) is 2.88. The van der Waals surface area contributed by atoms with Gasteiger partial charge < -0.3 is 24.6 Å². The number of likely N-dealkylation sites (tertiary alicyclic amines) is 1. The lowest BCUT2D eigenvalue weighted by Crippen LogP contribution is -2.50. The molecule has 2 saturated heterocycles. The largest absolute Gasteiger partial charge is 0.490 e. The average Bonchev–Trinajstić information content (AvgIpc) is 3.48. The molecule has 200 valence electrons. The van der Waals surface area contributed by atoms with E-state index in [0.29, 0.717) is 42.5 Å². The first-order chi connectivity index (χ1) is 18.2. The molecule has 2 atom stereocenters. The van der Waals surface area contributed by atoms with Gasteiger partial charge in [-0.05, 0) is 70.2 Å². The number of fused-ring (bicyclic) bond motifs is 3. The average molecular weight is 525 g/mol. The Balaban J connectivity index is 1.21. The van der Waals surface area contributed by atoms with Crippen LogP contribution in [0.3, 0.4) is 0 Å². The quantitative estimate of drug-likeness (QED) is 0.480. The van der Waals surface area contributed by atoms with E-state index < -0.39 is 17.2 Å². The molecule has 3 fully saturated rings. The molecule has 4 heterocycles. The lowest BCUT2D eigenvalue weighted by Gasteiger charge is -2.35. The summed E-state index contributed by atoms with van der Waals surface area (Å²) in [5.41, 5.74) is 0.387. The Morgan fingerprint density at radius 3 is 2.61 bits per heavy atom. The highest BCUT2D eigenvalue weighted by Gasteiger charge is 2.47. The fraction of sp³-hybridized carbons (Fsp3) is 0.481. The zero-order valence-electron chi connectivity index (χ0n) is 21.6. The minimum Gasteiger partial charge on any atom is -0.490 e. The number of benzene rings is 1. The maximum atomic E-state index is 14.9. The first-order valence-electron chi connectivity index (χ1n) is 12.9. The highest BCUT2D eigenvalue weighted by molar-refractivity contribution is 5.88. The van der Waals surface area contributed by atoms with Crippen molar-refractivity contribution < 1.29 is 23.0 Å². The topological polar surface area (TPSA) is 92.7 Å². The molecule has 1 aliphatic carbocycles. The number of rotatable bonds is 6. The van der Waals surface area contributed by atoms with Crippen LogP contribution in [0.4, 0.5) is 30.9 Å². The summed E-state index contributed by atoms with van der Waals surface area (Å²) in [6.45, 7) is 7.14. The van der Waals surface area contributed by atoms with Crippen LogP contribution in [0.2, 0.25) is 0 Å². The molecule has 2 bridgehead atoms. The van der Waals surface area contributed by atoms with Crippen molar-refractivity contribution in [1.29, 1.82) is 0 Å². The third kappa shape index (κ3) is 4.77. The molecule has 0 unspecified atom stereocenters. The molecular formula is C27H30F2N6O3. The summed E-state index contributed by atoms with van der Waals surface area (Å²) in [4.78, 5) is 29.9. The van der Waals surface area contributed by atoms with Gasteiger partial charge in [0.1, 0.15) is 23.3 Å². The van der Waals surface area contributed by atoms with Crippen molar-refractivity contribution >= 4 is 34.4 Å². The van der Waals surface area contributed by atoms with Crippen molar-refractivity contribution in [2.75, 3.05) is 29.9 Å². The molecule has 1 amide bonds. The van der Waals surface area contributed by atoms with Crippen LogP contribution < -0.4 is 15.0 Å². The normalized spacial score (nSPS) is 20.8. The first kappa shape index (κ1) is 24.6. The molecule has 3 aromatic rings. The van der Waals surface area contributed by atoms with Gasteiger partial charge in [-0.2, -0.15) is 4.39 Å². The molecule has 1 aromatic carbocycles. The number of hydrogen-bond acceptors (Lipinski definition) is 8. The second kappa shape index (κ2) is 9.21. The molecule has 9 nitrogen and oxygen atoms in total. The number of nitrogens with zero attached hydrogens (tertiary/aromatic N) is 5. The summed E-state index contributed by atoms with van der Waals surface area (Å²) in [5.74, 6) is -0.777. The number of hydrogen-bond donors (Lipinski definition) is 1.